The lowest BCUT2D eigenvalue weighted by molar-refractivity contribution is 0.296. The van der Waals surface area contributed by atoms with E-state index in [2.05, 4.69) is 19.1 Å². The van der Waals surface area contributed by atoms with Crippen molar-refractivity contribution in [3.63, 3.8) is 0 Å². The molecule has 0 bridgehead atoms. The number of methoxy groups -OCH3 is 1. The van der Waals surface area contributed by atoms with Crippen LogP contribution in [-0.2, 0) is 6.42 Å². The van der Waals surface area contributed by atoms with Crippen LogP contribution in [0.15, 0.2) is 65.7 Å². The van der Waals surface area contributed by atoms with Gasteiger partial charge < -0.3 is 14.7 Å². The van der Waals surface area contributed by atoms with Crippen LogP contribution in [0.2, 0.25) is 0 Å². The van der Waals surface area contributed by atoms with Gasteiger partial charge in [-0.15, -0.1) is 11.3 Å². The lowest BCUT2D eigenvalue weighted by Crippen LogP contribution is -2.35. The van der Waals surface area contributed by atoms with E-state index in [1.165, 1.54) is 16.9 Å². The maximum Gasteiger partial charge on any atom is 0.135 e. The highest BCUT2D eigenvalue weighted by Gasteiger charge is 2.32. The van der Waals surface area contributed by atoms with Crippen molar-refractivity contribution in [1.29, 1.82) is 5.41 Å². The molecule has 0 amide bonds. The van der Waals surface area contributed by atoms with Crippen molar-refractivity contribution in [1.82, 2.24) is 9.88 Å². The van der Waals surface area contributed by atoms with Gasteiger partial charge in [0.15, 0.2) is 0 Å². The highest BCUT2D eigenvalue weighted by molar-refractivity contribution is 7.11. The van der Waals surface area contributed by atoms with Crippen molar-refractivity contribution in [3.8, 4) is 17.0 Å². The largest absolute Gasteiger partial charge is 0.510 e. The average molecular weight is 420 g/mol. The molecule has 1 atom stereocenters. The molecule has 1 aliphatic heterocycles. The van der Waals surface area contributed by atoms with E-state index in [-0.39, 0.29) is 11.8 Å². The summed E-state index contributed by atoms with van der Waals surface area (Å²) >= 11 is 1.46. The molecule has 1 aliphatic rings. The number of aliphatic hydroxyl groups excluding tert-OH is 1. The molecule has 0 radical (unpaired) electrons. The number of rotatable bonds is 7. The number of benzene rings is 2. The molecule has 2 aromatic carbocycles. The number of ether oxygens (including phenoxy) is 1. The summed E-state index contributed by atoms with van der Waals surface area (Å²) in [5.41, 5.74) is 3.65. The summed E-state index contributed by atoms with van der Waals surface area (Å²) in [5, 5.41) is 21.9. The zero-order chi connectivity index (χ0) is 21.1. The Labute approximate surface area is 180 Å². The number of aryl methyl sites for hydroxylation is 1. The fourth-order valence-electron chi connectivity index (χ4n) is 3.66. The Morgan fingerprint density at radius 1 is 1.17 bits per heavy atom. The van der Waals surface area contributed by atoms with E-state index in [9.17, 15) is 5.11 Å². The first-order valence-corrected chi connectivity index (χ1v) is 10.9. The van der Waals surface area contributed by atoms with E-state index in [0.29, 0.717) is 23.0 Å². The Kier molecular flexibility index (Phi) is 5.86. The Bertz CT molecular complexity index is 1060. The van der Waals surface area contributed by atoms with E-state index in [4.69, 9.17) is 15.1 Å². The first kappa shape index (κ1) is 20.2. The molecule has 1 aromatic heterocycles. The van der Waals surface area contributed by atoms with Crippen LogP contribution in [-0.4, -0.2) is 40.5 Å². The van der Waals surface area contributed by atoms with Crippen LogP contribution in [0.4, 0.5) is 0 Å². The van der Waals surface area contributed by atoms with E-state index in [0.717, 1.165) is 29.8 Å². The van der Waals surface area contributed by atoms with Crippen LogP contribution in [0, 0.1) is 5.41 Å². The molecule has 0 saturated heterocycles. The fraction of sp³-hybridized carbons (Fsp3) is 0.250. The molecule has 6 heteroatoms. The van der Waals surface area contributed by atoms with Gasteiger partial charge in [0.2, 0.25) is 0 Å². The van der Waals surface area contributed by atoms with E-state index >= 15 is 0 Å². The fourth-order valence-corrected chi connectivity index (χ4v) is 4.56. The van der Waals surface area contributed by atoms with Gasteiger partial charge in [0.05, 0.1) is 24.9 Å². The molecule has 0 aliphatic carbocycles. The van der Waals surface area contributed by atoms with Crippen LogP contribution in [0.1, 0.15) is 23.9 Å². The minimum Gasteiger partial charge on any atom is -0.510 e. The maximum atomic E-state index is 10.6. The van der Waals surface area contributed by atoms with Crippen molar-refractivity contribution >= 4 is 22.7 Å². The summed E-state index contributed by atoms with van der Waals surface area (Å²) < 4.78 is 5.21. The summed E-state index contributed by atoms with van der Waals surface area (Å²) in [5.74, 6) is 1.37. The molecule has 0 unspecified atom stereocenters. The zero-order valence-corrected chi connectivity index (χ0v) is 17.9. The van der Waals surface area contributed by atoms with E-state index in [1.54, 1.807) is 7.11 Å². The molecule has 5 nitrogen and oxygen atoms in total. The third-order valence-corrected chi connectivity index (χ3v) is 6.32. The number of nitrogens with zero attached hydrogens (tertiary/aromatic N) is 2. The van der Waals surface area contributed by atoms with Crippen molar-refractivity contribution < 1.29 is 9.84 Å². The van der Waals surface area contributed by atoms with Gasteiger partial charge in [-0.3, -0.25) is 5.41 Å². The number of hydrogen-bond acceptors (Lipinski definition) is 5. The van der Waals surface area contributed by atoms with Crippen LogP contribution < -0.4 is 4.74 Å². The molecular formula is C24H25N3O2S. The molecule has 4 rings (SSSR count). The number of nitrogens with one attached hydrogen (secondary N) is 1. The topological polar surface area (TPSA) is 69.4 Å². The number of aliphatic hydroxyl groups is 1. The predicted molar refractivity (Wildman–Crippen MR) is 122 cm³/mol. The summed E-state index contributed by atoms with van der Waals surface area (Å²) in [6.07, 6.45) is 1.86. The van der Waals surface area contributed by atoms with Gasteiger partial charge in [-0.1, -0.05) is 30.3 Å². The maximum absolute atomic E-state index is 10.6. The molecule has 3 aromatic rings. The zero-order valence-electron chi connectivity index (χ0n) is 17.1. The quantitative estimate of drug-likeness (QED) is 0.538. The lowest BCUT2D eigenvalue weighted by atomic mass is 10.1. The van der Waals surface area contributed by atoms with Crippen LogP contribution in [0.3, 0.4) is 0 Å². The second-order valence-electron chi connectivity index (χ2n) is 7.44. The van der Waals surface area contributed by atoms with Crippen molar-refractivity contribution in [3.05, 3.63) is 76.3 Å². The SMILES string of the molecule is COc1ccc(-c2csc(C3=C(O)CN([C@H](C)CCc4ccccc4)C3=N)n2)cc1. The second kappa shape index (κ2) is 8.71. The van der Waals surface area contributed by atoms with E-state index in [1.807, 2.05) is 52.7 Å². The normalized spacial score (nSPS) is 15.0. The van der Waals surface area contributed by atoms with E-state index < -0.39 is 0 Å². The minimum absolute atomic E-state index is 0.151. The van der Waals surface area contributed by atoms with Gasteiger partial charge in [0.1, 0.15) is 22.4 Å². The lowest BCUT2D eigenvalue weighted by Gasteiger charge is -2.26. The Morgan fingerprint density at radius 2 is 1.90 bits per heavy atom. The molecule has 0 spiro atoms. The van der Waals surface area contributed by atoms with Crippen LogP contribution in [0.25, 0.3) is 16.8 Å². The summed E-state index contributed by atoms with van der Waals surface area (Å²) in [6, 6.07) is 18.2. The highest BCUT2D eigenvalue weighted by Crippen LogP contribution is 2.33. The smallest absolute Gasteiger partial charge is 0.135 e. The van der Waals surface area contributed by atoms with Crippen molar-refractivity contribution in [2.75, 3.05) is 13.7 Å². The van der Waals surface area contributed by atoms with Gasteiger partial charge >= 0.3 is 0 Å². The summed E-state index contributed by atoms with van der Waals surface area (Å²) in [7, 11) is 1.64. The molecule has 2 N–H and O–H groups in total. The van der Waals surface area contributed by atoms with Crippen LogP contribution >= 0.6 is 11.3 Å². The molecule has 30 heavy (non-hydrogen) atoms. The number of thiazole rings is 1. The molecule has 2 heterocycles. The standard InChI is InChI=1S/C24H25N3O2S/c1-16(8-9-17-6-4-3-5-7-17)27-14-21(28)22(23(27)25)24-26-20(15-30-24)18-10-12-19(29-2)13-11-18/h3-7,10-13,15-16,25,28H,8-9,14H2,1-2H3/t16-/m1/s1. The third-order valence-electron chi connectivity index (χ3n) is 5.46. The second-order valence-corrected chi connectivity index (χ2v) is 8.30. The van der Waals surface area contributed by atoms with Gasteiger partial charge in [-0.25, -0.2) is 4.98 Å². The highest BCUT2D eigenvalue weighted by atomic mass is 32.1. The number of aromatic nitrogens is 1. The molecular weight excluding hydrogens is 394 g/mol. The third kappa shape index (κ3) is 4.09. The Balaban J connectivity index is 1.46. The first-order valence-electron chi connectivity index (χ1n) is 9.98. The van der Waals surface area contributed by atoms with Crippen LogP contribution in [0.5, 0.6) is 5.75 Å². The van der Waals surface area contributed by atoms with Gasteiger partial charge in [-0.05, 0) is 49.6 Å². The first-order chi connectivity index (χ1) is 14.6. The van der Waals surface area contributed by atoms with Gasteiger partial charge in [0, 0.05) is 17.0 Å². The molecule has 0 fully saturated rings. The van der Waals surface area contributed by atoms with Gasteiger partial charge in [0.25, 0.3) is 0 Å². The number of hydrogen-bond donors (Lipinski definition) is 2. The average Bonchev–Trinajstić information content (AvgIpc) is 3.37. The monoisotopic (exact) mass is 419 g/mol. The molecule has 154 valence electrons. The van der Waals surface area contributed by atoms with Crippen molar-refractivity contribution in [2.24, 2.45) is 0 Å². The Hall–Kier alpha value is -3.12. The summed E-state index contributed by atoms with van der Waals surface area (Å²) in [6.45, 7) is 2.47. The molecule has 0 saturated carbocycles. The summed E-state index contributed by atoms with van der Waals surface area (Å²) in [4.78, 5) is 6.66. The predicted octanol–water partition coefficient (Wildman–Crippen LogP) is 5.40. The number of amidine groups is 1. The Morgan fingerprint density at radius 3 is 2.60 bits per heavy atom. The van der Waals surface area contributed by atoms with Gasteiger partial charge in [-0.2, -0.15) is 0 Å². The minimum atomic E-state index is 0.151. The van der Waals surface area contributed by atoms with Crippen molar-refractivity contribution in [2.45, 2.75) is 25.8 Å².